The normalized spacial score (nSPS) is 11.4. The number of benzene rings is 2. The molecule has 8 heteroatoms. The van der Waals surface area contributed by atoms with E-state index in [9.17, 15) is 26.7 Å². The molecule has 2 rings (SSSR count). The smallest absolute Gasteiger partial charge is 0.484 e. The van der Waals surface area contributed by atoms with Gasteiger partial charge in [-0.1, -0.05) is 24.3 Å². The van der Waals surface area contributed by atoms with Crippen LogP contribution in [0.4, 0.5) is 22.0 Å². The Balaban J connectivity index is 2.39. The molecule has 0 aliphatic rings. The fourth-order valence-corrected chi connectivity index (χ4v) is 1.95. The van der Waals surface area contributed by atoms with Crippen LogP contribution >= 0.6 is 0 Å². The van der Waals surface area contributed by atoms with Crippen molar-refractivity contribution >= 4 is 6.29 Å². The van der Waals surface area contributed by atoms with E-state index < -0.39 is 30.9 Å². The first-order valence-electron chi connectivity index (χ1n) is 6.65. The SMILES string of the molecule is O=Cc1cccc(-c2ccc(OC(F)(F)F)c(OCC(F)F)c2)c1. The lowest BCUT2D eigenvalue weighted by Gasteiger charge is -2.15. The van der Waals surface area contributed by atoms with Crippen LogP contribution in [0.1, 0.15) is 10.4 Å². The maximum Gasteiger partial charge on any atom is 0.573 e. The molecular formula is C16H11F5O3. The van der Waals surface area contributed by atoms with Gasteiger partial charge in [-0.25, -0.2) is 8.78 Å². The Morgan fingerprint density at radius 1 is 1.00 bits per heavy atom. The average Bonchev–Trinajstić information content (AvgIpc) is 2.52. The van der Waals surface area contributed by atoms with Crippen molar-refractivity contribution in [1.82, 2.24) is 0 Å². The molecule has 0 radical (unpaired) electrons. The summed E-state index contributed by atoms with van der Waals surface area (Å²) in [7, 11) is 0. The summed E-state index contributed by atoms with van der Waals surface area (Å²) in [5.74, 6) is -1.19. The highest BCUT2D eigenvalue weighted by Crippen LogP contribution is 2.36. The molecule has 0 N–H and O–H groups in total. The minimum atomic E-state index is -4.98. The van der Waals surface area contributed by atoms with Crippen molar-refractivity contribution in [2.24, 2.45) is 0 Å². The molecule has 24 heavy (non-hydrogen) atoms. The van der Waals surface area contributed by atoms with Crippen molar-refractivity contribution in [3.63, 3.8) is 0 Å². The van der Waals surface area contributed by atoms with Gasteiger partial charge in [-0.05, 0) is 29.3 Å². The predicted octanol–water partition coefficient (Wildman–Crippen LogP) is 4.71. The second-order valence-electron chi connectivity index (χ2n) is 4.65. The quantitative estimate of drug-likeness (QED) is 0.561. The van der Waals surface area contributed by atoms with Crippen LogP contribution in [0.5, 0.6) is 11.5 Å². The van der Waals surface area contributed by atoms with Crippen LogP contribution in [-0.4, -0.2) is 25.7 Å². The molecular weight excluding hydrogens is 335 g/mol. The number of hydrogen-bond acceptors (Lipinski definition) is 3. The highest BCUT2D eigenvalue weighted by atomic mass is 19.4. The zero-order valence-electron chi connectivity index (χ0n) is 12.0. The zero-order valence-corrected chi connectivity index (χ0v) is 12.0. The van der Waals surface area contributed by atoms with Gasteiger partial charge < -0.3 is 9.47 Å². The van der Waals surface area contributed by atoms with Gasteiger partial charge in [0, 0.05) is 5.56 Å². The Morgan fingerprint density at radius 3 is 2.33 bits per heavy atom. The van der Waals surface area contributed by atoms with E-state index in [0.29, 0.717) is 23.0 Å². The molecule has 2 aromatic carbocycles. The van der Waals surface area contributed by atoms with Crippen molar-refractivity contribution in [2.45, 2.75) is 12.8 Å². The molecule has 0 fully saturated rings. The molecule has 0 unspecified atom stereocenters. The van der Waals surface area contributed by atoms with Crippen LogP contribution in [0, 0.1) is 0 Å². The molecule has 0 saturated heterocycles. The first-order chi connectivity index (χ1) is 11.3. The molecule has 2 aromatic rings. The summed E-state index contributed by atoms with van der Waals surface area (Å²) in [6.45, 7) is -1.08. The maximum absolute atomic E-state index is 12.4. The van der Waals surface area contributed by atoms with Gasteiger partial charge in [0.1, 0.15) is 12.9 Å². The van der Waals surface area contributed by atoms with Crippen molar-refractivity contribution in [1.29, 1.82) is 0 Å². The van der Waals surface area contributed by atoms with E-state index in [4.69, 9.17) is 4.74 Å². The van der Waals surface area contributed by atoms with Crippen molar-refractivity contribution in [2.75, 3.05) is 6.61 Å². The topological polar surface area (TPSA) is 35.5 Å². The number of aldehydes is 1. The third-order valence-corrected chi connectivity index (χ3v) is 2.89. The molecule has 0 aromatic heterocycles. The Morgan fingerprint density at radius 2 is 1.71 bits per heavy atom. The van der Waals surface area contributed by atoms with Gasteiger partial charge in [0.15, 0.2) is 11.5 Å². The van der Waals surface area contributed by atoms with Crippen molar-refractivity contribution in [3.05, 3.63) is 48.0 Å². The molecule has 0 spiro atoms. The summed E-state index contributed by atoms with van der Waals surface area (Å²) in [6.07, 6.45) is -7.23. The molecule has 128 valence electrons. The average molecular weight is 346 g/mol. The molecule has 0 saturated carbocycles. The Bertz CT molecular complexity index is 713. The summed E-state index contributed by atoms with van der Waals surface area (Å²) in [6, 6.07) is 9.67. The maximum atomic E-state index is 12.4. The van der Waals surface area contributed by atoms with E-state index in [1.165, 1.54) is 12.1 Å². The van der Waals surface area contributed by atoms with Crippen molar-refractivity contribution < 1.29 is 36.2 Å². The van der Waals surface area contributed by atoms with Gasteiger partial charge in [0.2, 0.25) is 0 Å². The Labute approximate surface area is 133 Å². The number of hydrogen-bond donors (Lipinski definition) is 0. The second-order valence-corrected chi connectivity index (χ2v) is 4.65. The van der Waals surface area contributed by atoms with Gasteiger partial charge in [0.05, 0.1) is 0 Å². The third-order valence-electron chi connectivity index (χ3n) is 2.89. The summed E-state index contributed by atoms with van der Waals surface area (Å²) >= 11 is 0. The fraction of sp³-hybridized carbons (Fsp3) is 0.188. The molecule has 0 aliphatic carbocycles. The summed E-state index contributed by atoms with van der Waals surface area (Å²) < 4.78 is 70.2. The van der Waals surface area contributed by atoms with E-state index in [0.717, 1.165) is 12.1 Å². The number of carbonyl (C=O) groups is 1. The number of rotatable bonds is 6. The minimum Gasteiger partial charge on any atom is -0.484 e. The van der Waals surface area contributed by atoms with Crippen LogP contribution < -0.4 is 9.47 Å². The van der Waals surface area contributed by atoms with Gasteiger partial charge in [-0.2, -0.15) is 0 Å². The van der Waals surface area contributed by atoms with E-state index in [-0.39, 0.29) is 0 Å². The molecule has 0 atom stereocenters. The van der Waals surface area contributed by atoms with Gasteiger partial charge in [-0.3, -0.25) is 4.79 Å². The molecule has 0 bridgehead atoms. The van der Waals surface area contributed by atoms with E-state index in [1.807, 2.05) is 0 Å². The summed E-state index contributed by atoms with van der Waals surface area (Å²) in [4.78, 5) is 10.8. The largest absolute Gasteiger partial charge is 0.573 e. The van der Waals surface area contributed by atoms with Crippen LogP contribution in [0.2, 0.25) is 0 Å². The third kappa shape index (κ3) is 4.94. The Kier molecular flexibility index (Phi) is 5.38. The van der Waals surface area contributed by atoms with Crippen LogP contribution in [-0.2, 0) is 0 Å². The zero-order chi connectivity index (χ0) is 17.7. The van der Waals surface area contributed by atoms with Gasteiger partial charge in [0.25, 0.3) is 6.43 Å². The standard InChI is InChI=1S/C16H11F5O3/c17-15(18)9-23-14-7-12(4-5-13(14)24-16(19,20)21)11-3-1-2-10(6-11)8-22/h1-8,15H,9H2. The lowest BCUT2D eigenvalue weighted by atomic mass is 10.0. The molecule has 3 nitrogen and oxygen atoms in total. The van der Waals surface area contributed by atoms with E-state index in [1.54, 1.807) is 18.2 Å². The predicted molar refractivity (Wildman–Crippen MR) is 75.4 cm³/mol. The first-order valence-corrected chi connectivity index (χ1v) is 6.65. The van der Waals surface area contributed by atoms with Gasteiger partial charge >= 0.3 is 6.36 Å². The second kappa shape index (κ2) is 7.29. The van der Waals surface area contributed by atoms with Gasteiger partial charge in [-0.15, -0.1) is 13.2 Å². The fourth-order valence-electron chi connectivity index (χ4n) is 1.95. The first kappa shape index (κ1) is 17.7. The molecule has 0 aliphatic heterocycles. The van der Waals surface area contributed by atoms with E-state index in [2.05, 4.69) is 4.74 Å². The molecule has 0 heterocycles. The summed E-state index contributed by atoms with van der Waals surface area (Å²) in [5.41, 5.74) is 1.26. The van der Waals surface area contributed by atoms with Crippen LogP contribution in [0.3, 0.4) is 0 Å². The minimum absolute atomic E-state index is 0.359. The molecule has 0 amide bonds. The lowest BCUT2D eigenvalue weighted by Crippen LogP contribution is -2.18. The van der Waals surface area contributed by atoms with Crippen molar-refractivity contribution in [3.8, 4) is 22.6 Å². The number of halogens is 5. The monoisotopic (exact) mass is 346 g/mol. The highest BCUT2D eigenvalue weighted by molar-refractivity contribution is 5.79. The van der Waals surface area contributed by atoms with Crippen LogP contribution in [0.15, 0.2) is 42.5 Å². The number of ether oxygens (including phenoxy) is 2. The number of alkyl halides is 5. The van der Waals surface area contributed by atoms with E-state index >= 15 is 0 Å². The lowest BCUT2D eigenvalue weighted by molar-refractivity contribution is -0.275. The summed E-state index contributed by atoms with van der Waals surface area (Å²) in [5, 5.41) is 0. The van der Waals surface area contributed by atoms with Crippen LogP contribution in [0.25, 0.3) is 11.1 Å². The Hall–Kier alpha value is -2.64. The highest BCUT2D eigenvalue weighted by Gasteiger charge is 2.32. The number of carbonyl (C=O) groups excluding carboxylic acids is 1.